The summed E-state index contributed by atoms with van der Waals surface area (Å²) in [6.45, 7) is 7.10. The molecule has 134 valence electrons. The Morgan fingerprint density at radius 3 is 2.29 bits per heavy atom. The van der Waals surface area contributed by atoms with E-state index in [0.29, 0.717) is 19.5 Å². The normalized spacial score (nSPS) is 17.1. The average molecular weight is 377 g/mol. The number of halogens is 2. The summed E-state index contributed by atoms with van der Waals surface area (Å²) in [6, 6.07) is 3.36. The summed E-state index contributed by atoms with van der Waals surface area (Å²) in [6.07, 6.45) is 0.424. The van der Waals surface area contributed by atoms with Gasteiger partial charge in [-0.1, -0.05) is 32.4 Å². The molecule has 1 aromatic carbocycles. The molecule has 0 bridgehead atoms. The van der Waals surface area contributed by atoms with Gasteiger partial charge in [0, 0.05) is 32.6 Å². The molecule has 5 nitrogen and oxygen atoms in total. The minimum Gasteiger partial charge on any atom is -0.340 e. The quantitative estimate of drug-likeness (QED) is 0.815. The third kappa shape index (κ3) is 4.46. The molecule has 0 atom stereocenters. The summed E-state index contributed by atoms with van der Waals surface area (Å²) in [5, 5.41) is -0.227. The van der Waals surface area contributed by atoms with Crippen LogP contribution in [0.15, 0.2) is 23.1 Å². The third-order valence-corrected chi connectivity index (χ3v) is 5.99. The van der Waals surface area contributed by atoms with Crippen LogP contribution in [0.1, 0.15) is 27.2 Å². The van der Waals surface area contributed by atoms with Crippen molar-refractivity contribution in [1.29, 1.82) is 0 Å². The molecule has 0 saturated carbocycles. The number of rotatable bonds is 3. The molecule has 1 saturated heterocycles. The second kappa shape index (κ2) is 6.98. The van der Waals surface area contributed by atoms with Crippen LogP contribution >= 0.6 is 11.6 Å². The summed E-state index contributed by atoms with van der Waals surface area (Å²) in [4.78, 5) is 13.9. The molecule has 24 heavy (non-hydrogen) atoms. The molecule has 0 radical (unpaired) electrons. The predicted octanol–water partition coefficient (Wildman–Crippen LogP) is 2.75. The largest absolute Gasteiger partial charge is 0.340 e. The molecule has 0 N–H and O–H groups in total. The van der Waals surface area contributed by atoms with Crippen LogP contribution in [0.2, 0.25) is 5.02 Å². The van der Waals surface area contributed by atoms with Crippen molar-refractivity contribution < 1.29 is 17.6 Å². The smallest absolute Gasteiger partial charge is 0.243 e. The monoisotopic (exact) mass is 376 g/mol. The van der Waals surface area contributed by atoms with Gasteiger partial charge in [-0.05, 0) is 23.6 Å². The highest BCUT2D eigenvalue weighted by Crippen LogP contribution is 2.24. The molecular weight excluding hydrogens is 355 g/mol. The van der Waals surface area contributed by atoms with E-state index in [1.54, 1.807) is 4.90 Å². The SMILES string of the molecule is CC(C)(C)CC(=O)N1CCN(S(=O)(=O)c2ccc(F)c(Cl)c2)CC1. The lowest BCUT2D eigenvalue weighted by Gasteiger charge is -2.35. The highest BCUT2D eigenvalue weighted by Gasteiger charge is 2.31. The van der Waals surface area contributed by atoms with E-state index in [-0.39, 0.29) is 34.3 Å². The molecule has 0 aliphatic carbocycles. The molecule has 0 aromatic heterocycles. The second-order valence-corrected chi connectivity index (χ2v) is 9.44. The van der Waals surface area contributed by atoms with Crippen molar-refractivity contribution in [3.63, 3.8) is 0 Å². The highest BCUT2D eigenvalue weighted by atomic mass is 35.5. The Hall–Kier alpha value is -1.18. The van der Waals surface area contributed by atoms with Crippen LogP contribution < -0.4 is 0 Å². The standard InChI is InChI=1S/C16H22ClFN2O3S/c1-16(2,3)11-15(21)19-6-8-20(9-7-19)24(22,23)12-4-5-14(18)13(17)10-12/h4-5,10H,6-9,11H2,1-3H3. The maximum Gasteiger partial charge on any atom is 0.243 e. The molecule has 1 amide bonds. The Labute approximate surface area is 147 Å². The molecule has 0 unspecified atom stereocenters. The van der Waals surface area contributed by atoms with Crippen LogP contribution in [0.4, 0.5) is 4.39 Å². The van der Waals surface area contributed by atoms with E-state index < -0.39 is 15.8 Å². The topological polar surface area (TPSA) is 57.7 Å². The summed E-state index contributed by atoms with van der Waals surface area (Å²) >= 11 is 5.67. The van der Waals surface area contributed by atoms with Gasteiger partial charge in [-0.25, -0.2) is 12.8 Å². The Morgan fingerprint density at radius 1 is 1.21 bits per heavy atom. The number of piperazine rings is 1. The van der Waals surface area contributed by atoms with E-state index in [0.717, 1.165) is 12.1 Å². The lowest BCUT2D eigenvalue weighted by Crippen LogP contribution is -2.51. The maximum absolute atomic E-state index is 13.2. The number of carbonyl (C=O) groups is 1. The van der Waals surface area contributed by atoms with E-state index >= 15 is 0 Å². The van der Waals surface area contributed by atoms with Gasteiger partial charge >= 0.3 is 0 Å². The first-order chi connectivity index (χ1) is 11.0. The minimum absolute atomic E-state index is 0.0318. The highest BCUT2D eigenvalue weighted by molar-refractivity contribution is 7.89. The summed E-state index contributed by atoms with van der Waals surface area (Å²) in [7, 11) is -3.74. The number of carbonyl (C=O) groups excluding carboxylic acids is 1. The number of benzene rings is 1. The predicted molar refractivity (Wildman–Crippen MR) is 90.8 cm³/mol. The fraction of sp³-hybridized carbons (Fsp3) is 0.562. The fourth-order valence-electron chi connectivity index (χ4n) is 2.53. The van der Waals surface area contributed by atoms with Gasteiger partial charge in [-0.15, -0.1) is 0 Å². The van der Waals surface area contributed by atoms with Gasteiger partial charge < -0.3 is 4.90 Å². The van der Waals surface area contributed by atoms with Crippen molar-refractivity contribution in [3.05, 3.63) is 29.0 Å². The van der Waals surface area contributed by atoms with Crippen molar-refractivity contribution in [2.24, 2.45) is 5.41 Å². The fourth-order valence-corrected chi connectivity index (χ4v) is 4.22. The Morgan fingerprint density at radius 2 is 1.79 bits per heavy atom. The molecule has 1 aliphatic heterocycles. The lowest BCUT2D eigenvalue weighted by molar-refractivity contribution is -0.134. The number of hydrogen-bond donors (Lipinski definition) is 0. The Bertz CT molecular complexity index is 723. The molecular formula is C16H22ClFN2O3S. The zero-order valence-corrected chi connectivity index (χ0v) is 15.6. The second-order valence-electron chi connectivity index (χ2n) is 7.10. The third-order valence-electron chi connectivity index (χ3n) is 3.80. The molecule has 1 heterocycles. The molecule has 1 aliphatic rings. The lowest BCUT2D eigenvalue weighted by atomic mass is 9.91. The first-order valence-electron chi connectivity index (χ1n) is 7.74. The Balaban J connectivity index is 2.05. The van der Waals surface area contributed by atoms with Gasteiger partial charge in [0.25, 0.3) is 0 Å². The van der Waals surface area contributed by atoms with E-state index in [1.165, 1.54) is 10.4 Å². The minimum atomic E-state index is -3.74. The number of amides is 1. The van der Waals surface area contributed by atoms with E-state index in [2.05, 4.69) is 0 Å². The van der Waals surface area contributed by atoms with Crippen LogP contribution in [-0.2, 0) is 14.8 Å². The Kier molecular flexibility index (Phi) is 5.57. The van der Waals surface area contributed by atoms with Crippen molar-refractivity contribution in [2.45, 2.75) is 32.1 Å². The average Bonchev–Trinajstić information content (AvgIpc) is 2.48. The van der Waals surface area contributed by atoms with Crippen LogP contribution in [-0.4, -0.2) is 49.7 Å². The van der Waals surface area contributed by atoms with Crippen molar-refractivity contribution in [3.8, 4) is 0 Å². The maximum atomic E-state index is 13.2. The van der Waals surface area contributed by atoms with Crippen molar-refractivity contribution >= 4 is 27.5 Å². The van der Waals surface area contributed by atoms with Crippen LogP contribution in [0, 0.1) is 11.2 Å². The molecule has 8 heteroatoms. The zero-order chi connectivity index (χ0) is 18.1. The summed E-state index contributed by atoms with van der Waals surface area (Å²) in [5.41, 5.74) is -0.106. The van der Waals surface area contributed by atoms with E-state index in [9.17, 15) is 17.6 Å². The molecule has 1 aromatic rings. The molecule has 2 rings (SSSR count). The van der Waals surface area contributed by atoms with Gasteiger partial charge in [-0.2, -0.15) is 4.31 Å². The first kappa shape index (κ1) is 19.1. The molecule has 0 spiro atoms. The van der Waals surface area contributed by atoms with Gasteiger partial charge in [-0.3, -0.25) is 4.79 Å². The van der Waals surface area contributed by atoms with Crippen molar-refractivity contribution in [1.82, 2.24) is 9.21 Å². The van der Waals surface area contributed by atoms with Gasteiger partial charge in [0.05, 0.1) is 9.92 Å². The van der Waals surface area contributed by atoms with Crippen LogP contribution in [0.5, 0.6) is 0 Å². The number of sulfonamides is 1. The van der Waals surface area contributed by atoms with Gasteiger partial charge in [0.1, 0.15) is 5.82 Å². The molecule has 1 fully saturated rings. The van der Waals surface area contributed by atoms with Gasteiger partial charge in [0.2, 0.25) is 15.9 Å². The number of nitrogens with zero attached hydrogens (tertiary/aromatic N) is 2. The van der Waals surface area contributed by atoms with Crippen LogP contribution in [0.25, 0.3) is 0 Å². The van der Waals surface area contributed by atoms with Crippen LogP contribution in [0.3, 0.4) is 0 Å². The van der Waals surface area contributed by atoms with Gasteiger partial charge in [0.15, 0.2) is 0 Å². The van der Waals surface area contributed by atoms with Crippen molar-refractivity contribution in [2.75, 3.05) is 26.2 Å². The summed E-state index contributed by atoms with van der Waals surface area (Å²) in [5.74, 6) is -0.627. The zero-order valence-electron chi connectivity index (χ0n) is 14.1. The first-order valence-corrected chi connectivity index (χ1v) is 9.55. The number of hydrogen-bond acceptors (Lipinski definition) is 3. The summed E-state index contributed by atoms with van der Waals surface area (Å²) < 4.78 is 39.7. The van der Waals surface area contributed by atoms with E-state index in [1.807, 2.05) is 20.8 Å². The van der Waals surface area contributed by atoms with E-state index in [4.69, 9.17) is 11.6 Å².